The summed E-state index contributed by atoms with van der Waals surface area (Å²) in [6, 6.07) is 5.76. The van der Waals surface area contributed by atoms with Crippen LogP contribution in [0.1, 0.15) is 13.3 Å². The summed E-state index contributed by atoms with van der Waals surface area (Å²) >= 11 is 0. The Balaban J connectivity index is 2.83. The molecule has 0 radical (unpaired) electrons. The van der Waals surface area contributed by atoms with Crippen molar-refractivity contribution in [1.29, 1.82) is 0 Å². The Bertz CT molecular complexity index is 576. The second-order valence-corrected chi connectivity index (χ2v) is 6.39. The van der Waals surface area contributed by atoms with E-state index in [-0.39, 0.29) is 17.1 Å². The summed E-state index contributed by atoms with van der Waals surface area (Å²) in [5.74, 6) is -0.653. The molecule has 0 aliphatic heterocycles. The average molecular weight is 284 g/mol. The summed E-state index contributed by atoms with van der Waals surface area (Å²) in [6.45, 7) is 1.33. The zero-order valence-corrected chi connectivity index (χ0v) is 11.8. The smallest absolute Gasteiger partial charge is 0.242 e. The van der Waals surface area contributed by atoms with E-state index >= 15 is 0 Å². The zero-order chi connectivity index (χ0) is 14.6. The summed E-state index contributed by atoms with van der Waals surface area (Å²) < 4.78 is 24.7. The van der Waals surface area contributed by atoms with Gasteiger partial charge in [-0.05, 0) is 31.2 Å². The minimum atomic E-state index is -3.47. The Morgan fingerprint density at radius 3 is 2.11 bits per heavy atom. The van der Waals surface area contributed by atoms with Crippen molar-refractivity contribution < 1.29 is 18.0 Å². The highest BCUT2D eigenvalue weighted by atomic mass is 32.2. The molecule has 0 saturated heterocycles. The van der Waals surface area contributed by atoms with E-state index in [1.807, 2.05) is 0 Å². The number of hydrogen-bond donors (Lipinski definition) is 1. The minimum absolute atomic E-state index is 0.141. The van der Waals surface area contributed by atoms with Crippen molar-refractivity contribution in [3.05, 3.63) is 24.3 Å². The van der Waals surface area contributed by atoms with Crippen LogP contribution in [-0.2, 0) is 19.6 Å². The Kier molecular flexibility index (Phi) is 4.79. The Labute approximate surface area is 112 Å². The second-order valence-electron chi connectivity index (χ2n) is 4.24. The lowest BCUT2D eigenvalue weighted by Crippen LogP contribution is -2.22. The highest BCUT2D eigenvalue weighted by Crippen LogP contribution is 2.16. The van der Waals surface area contributed by atoms with Gasteiger partial charge in [0.1, 0.15) is 5.78 Å². The molecule has 0 bridgehead atoms. The van der Waals surface area contributed by atoms with E-state index in [9.17, 15) is 18.0 Å². The standard InChI is InChI=1S/C12H16N2O4S/c1-9(15)8-12(16)13-10-4-6-11(7-5-10)19(17,18)14(2)3/h4-7H,8H2,1-3H3,(H,13,16). The van der Waals surface area contributed by atoms with E-state index in [1.165, 1.54) is 45.3 Å². The number of carbonyl (C=O) groups is 2. The first kappa shape index (κ1) is 15.3. The van der Waals surface area contributed by atoms with Gasteiger partial charge in [-0.1, -0.05) is 0 Å². The first-order valence-electron chi connectivity index (χ1n) is 5.55. The number of carbonyl (C=O) groups excluding carboxylic acids is 2. The number of ketones is 1. The van der Waals surface area contributed by atoms with Gasteiger partial charge in [0.05, 0.1) is 11.3 Å². The molecule has 6 nitrogen and oxygen atoms in total. The van der Waals surface area contributed by atoms with Crippen LogP contribution in [0.2, 0.25) is 0 Å². The fourth-order valence-corrected chi connectivity index (χ4v) is 2.25. The van der Waals surface area contributed by atoms with Crippen LogP contribution in [0.5, 0.6) is 0 Å². The molecule has 0 saturated carbocycles. The van der Waals surface area contributed by atoms with Gasteiger partial charge in [-0.25, -0.2) is 12.7 Å². The van der Waals surface area contributed by atoms with Crippen LogP contribution < -0.4 is 5.32 Å². The Hall–Kier alpha value is -1.73. The minimum Gasteiger partial charge on any atom is -0.326 e. The van der Waals surface area contributed by atoms with Crippen molar-refractivity contribution in [3.63, 3.8) is 0 Å². The monoisotopic (exact) mass is 284 g/mol. The molecule has 0 heterocycles. The van der Waals surface area contributed by atoms with Gasteiger partial charge in [0, 0.05) is 19.8 Å². The lowest BCUT2D eigenvalue weighted by molar-refractivity contribution is -0.124. The van der Waals surface area contributed by atoms with Crippen LogP contribution in [0, 0.1) is 0 Å². The van der Waals surface area contributed by atoms with Crippen LogP contribution in [0.25, 0.3) is 0 Å². The van der Waals surface area contributed by atoms with Gasteiger partial charge in [-0.2, -0.15) is 0 Å². The van der Waals surface area contributed by atoms with E-state index in [1.54, 1.807) is 0 Å². The maximum Gasteiger partial charge on any atom is 0.242 e. The number of anilines is 1. The van der Waals surface area contributed by atoms with Gasteiger partial charge in [0.2, 0.25) is 15.9 Å². The number of nitrogens with zero attached hydrogens (tertiary/aromatic N) is 1. The van der Waals surface area contributed by atoms with Crippen LogP contribution in [-0.4, -0.2) is 38.5 Å². The van der Waals surface area contributed by atoms with Gasteiger partial charge in [0.15, 0.2) is 0 Å². The van der Waals surface area contributed by atoms with Crippen LogP contribution in [0.15, 0.2) is 29.2 Å². The van der Waals surface area contributed by atoms with Gasteiger partial charge in [0.25, 0.3) is 0 Å². The van der Waals surface area contributed by atoms with Crippen LogP contribution >= 0.6 is 0 Å². The van der Waals surface area contributed by atoms with Crippen molar-refractivity contribution in [3.8, 4) is 0 Å². The van der Waals surface area contributed by atoms with Crippen molar-refractivity contribution in [2.45, 2.75) is 18.2 Å². The van der Waals surface area contributed by atoms with Gasteiger partial charge in [-0.3, -0.25) is 9.59 Å². The van der Waals surface area contributed by atoms with E-state index in [4.69, 9.17) is 0 Å². The van der Waals surface area contributed by atoms with Gasteiger partial charge in [-0.15, -0.1) is 0 Å². The van der Waals surface area contributed by atoms with Crippen LogP contribution in [0.3, 0.4) is 0 Å². The lowest BCUT2D eigenvalue weighted by atomic mass is 10.2. The predicted molar refractivity (Wildman–Crippen MR) is 71.2 cm³/mol. The molecule has 0 aliphatic carbocycles. The molecule has 1 aromatic carbocycles. The van der Waals surface area contributed by atoms with Crippen molar-refractivity contribution in [2.24, 2.45) is 0 Å². The molecule has 1 amide bonds. The van der Waals surface area contributed by atoms with Crippen molar-refractivity contribution in [1.82, 2.24) is 4.31 Å². The quantitative estimate of drug-likeness (QED) is 0.813. The number of benzene rings is 1. The molecular weight excluding hydrogens is 268 g/mol. The van der Waals surface area contributed by atoms with Gasteiger partial charge >= 0.3 is 0 Å². The molecular formula is C12H16N2O4S. The van der Waals surface area contributed by atoms with E-state index < -0.39 is 15.9 Å². The molecule has 0 atom stereocenters. The topological polar surface area (TPSA) is 83.5 Å². The normalized spacial score (nSPS) is 11.4. The molecule has 19 heavy (non-hydrogen) atoms. The summed E-state index contributed by atoms with van der Waals surface area (Å²) in [5.41, 5.74) is 0.448. The Morgan fingerprint density at radius 2 is 1.68 bits per heavy atom. The first-order valence-corrected chi connectivity index (χ1v) is 6.99. The summed E-state index contributed by atoms with van der Waals surface area (Å²) in [5, 5.41) is 2.51. The van der Waals surface area contributed by atoms with E-state index in [0.29, 0.717) is 5.69 Å². The molecule has 1 rings (SSSR count). The number of Topliss-reactive ketones (excluding diaryl/α,β-unsaturated/α-hetero) is 1. The third-order valence-electron chi connectivity index (χ3n) is 2.33. The lowest BCUT2D eigenvalue weighted by Gasteiger charge is -2.11. The number of sulfonamides is 1. The van der Waals surface area contributed by atoms with Crippen molar-refractivity contribution >= 4 is 27.4 Å². The maximum atomic E-state index is 11.8. The molecule has 0 unspecified atom stereocenters. The second kappa shape index (κ2) is 5.94. The molecule has 104 valence electrons. The van der Waals surface area contributed by atoms with Gasteiger partial charge < -0.3 is 5.32 Å². The summed E-state index contributed by atoms with van der Waals surface area (Å²) in [6.07, 6.45) is -0.197. The third-order valence-corrected chi connectivity index (χ3v) is 4.16. The molecule has 0 spiro atoms. The molecule has 1 N–H and O–H groups in total. The number of rotatable bonds is 5. The van der Waals surface area contributed by atoms with E-state index in [2.05, 4.69) is 5.32 Å². The predicted octanol–water partition coefficient (Wildman–Crippen LogP) is 0.854. The highest BCUT2D eigenvalue weighted by Gasteiger charge is 2.16. The molecule has 0 fully saturated rings. The molecule has 7 heteroatoms. The fraction of sp³-hybridized carbons (Fsp3) is 0.333. The van der Waals surface area contributed by atoms with Crippen molar-refractivity contribution in [2.75, 3.05) is 19.4 Å². The number of nitrogens with one attached hydrogen (secondary N) is 1. The van der Waals surface area contributed by atoms with Crippen LogP contribution in [0.4, 0.5) is 5.69 Å². The molecule has 0 aromatic heterocycles. The maximum absolute atomic E-state index is 11.8. The summed E-state index contributed by atoms with van der Waals surface area (Å²) in [4.78, 5) is 22.3. The fourth-order valence-electron chi connectivity index (χ4n) is 1.35. The number of hydrogen-bond acceptors (Lipinski definition) is 4. The third kappa shape index (κ3) is 4.15. The average Bonchev–Trinajstić information content (AvgIpc) is 2.28. The Morgan fingerprint density at radius 1 is 1.16 bits per heavy atom. The zero-order valence-electron chi connectivity index (χ0n) is 11.0. The highest BCUT2D eigenvalue weighted by molar-refractivity contribution is 7.89. The SMILES string of the molecule is CC(=O)CC(=O)Nc1ccc(S(=O)(=O)N(C)C)cc1. The molecule has 1 aromatic rings. The molecule has 0 aliphatic rings. The number of amides is 1. The largest absolute Gasteiger partial charge is 0.326 e. The summed E-state index contributed by atoms with van der Waals surface area (Å²) in [7, 11) is -0.590. The first-order chi connectivity index (χ1) is 8.73. The van der Waals surface area contributed by atoms with E-state index in [0.717, 1.165) is 4.31 Å².